The van der Waals surface area contributed by atoms with E-state index >= 15 is 0 Å². The van der Waals surface area contributed by atoms with Crippen molar-refractivity contribution in [1.29, 1.82) is 0 Å². The van der Waals surface area contributed by atoms with Crippen molar-refractivity contribution in [2.75, 3.05) is 26.7 Å². The van der Waals surface area contributed by atoms with Gasteiger partial charge >= 0.3 is 0 Å². The normalized spacial score (nSPS) is 20.0. The highest BCUT2D eigenvalue weighted by molar-refractivity contribution is 5.91. The molecular weight excluding hydrogens is 308 g/mol. The topological polar surface area (TPSA) is 32.3 Å². The first kappa shape index (κ1) is 18.3. The molecule has 4 heteroatoms. The van der Waals surface area contributed by atoms with Crippen molar-refractivity contribution in [2.45, 2.75) is 44.4 Å². The Labute approximate surface area is 146 Å². The van der Waals surface area contributed by atoms with Gasteiger partial charge in [0.25, 0.3) is 0 Å². The first-order chi connectivity index (χ1) is 10.7. The lowest BCUT2D eigenvalue weighted by Gasteiger charge is -2.35. The third kappa shape index (κ3) is 3.72. The van der Waals surface area contributed by atoms with Gasteiger partial charge in [-0.05, 0) is 69.7 Å². The first-order valence-electron chi connectivity index (χ1n) is 8.67. The maximum atomic E-state index is 13.1. The third-order valence-corrected chi connectivity index (χ3v) is 5.52. The Hall–Kier alpha value is -1.06. The SMILES string of the molecule is CNCCC1CCN(C(=O)C2(c3ccccc3C)CC2)CC1.Cl. The van der Waals surface area contributed by atoms with Gasteiger partial charge in [0.1, 0.15) is 0 Å². The molecule has 0 atom stereocenters. The van der Waals surface area contributed by atoms with E-state index in [1.165, 1.54) is 17.5 Å². The number of carbonyl (C=O) groups is 1. The summed E-state index contributed by atoms with van der Waals surface area (Å²) in [5.74, 6) is 1.17. The molecule has 128 valence electrons. The van der Waals surface area contributed by atoms with E-state index in [-0.39, 0.29) is 17.8 Å². The largest absolute Gasteiger partial charge is 0.342 e. The van der Waals surface area contributed by atoms with Crippen LogP contribution in [0.2, 0.25) is 0 Å². The van der Waals surface area contributed by atoms with Crippen LogP contribution in [0.3, 0.4) is 0 Å². The van der Waals surface area contributed by atoms with Gasteiger partial charge in [0.2, 0.25) is 5.91 Å². The van der Waals surface area contributed by atoms with E-state index in [9.17, 15) is 4.79 Å². The summed E-state index contributed by atoms with van der Waals surface area (Å²) in [6, 6.07) is 8.42. The number of halogens is 1. The van der Waals surface area contributed by atoms with Crippen molar-refractivity contribution in [3.63, 3.8) is 0 Å². The highest BCUT2D eigenvalue weighted by atomic mass is 35.5. The number of nitrogens with zero attached hydrogens (tertiary/aromatic N) is 1. The number of amides is 1. The van der Waals surface area contributed by atoms with E-state index in [4.69, 9.17) is 0 Å². The molecule has 0 unspecified atom stereocenters. The smallest absolute Gasteiger partial charge is 0.233 e. The second-order valence-electron chi connectivity index (χ2n) is 7.02. The zero-order valence-electron chi connectivity index (χ0n) is 14.3. The van der Waals surface area contributed by atoms with Crippen LogP contribution in [-0.2, 0) is 10.2 Å². The summed E-state index contributed by atoms with van der Waals surface area (Å²) >= 11 is 0. The lowest BCUT2D eigenvalue weighted by atomic mass is 9.88. The number of nitrogens with one attached hydrogen (secondary N) is 1. The summed E-state index contributed by atoms with van der Waals surface area (Å²) in [5.41, 5.74) is 2.33. The predicted molar refractivity (Wildman–Crippen MR) is 97.2 cm³/mol. The Morgan fingerprint density at radius 1 is 1.26 bits per heavy atom. The Balaban J connectivity index is 0.00000192. The molecule has 1 aliphatic heterocycles. The van der Waals surface area contributed by atoms with Crippen LogP contribution < -0.4 is 5.32 Å². The molecule has 2 aliphatic rings. The average Bonchev–Trinajstić information content (AvgIpc) is 3.35. The maximum Gasteiger partial charge on any atom is 0.233 e. The fourth-order valence-corrected chi connectivity index (χ4v) is 3.91. The van der Waals surface area contributed by atoms with Gasteiger partial charge in [-0.2, -0.15) is 0 Å². The van der Waals surface area contributed by atoms with E-state index in [0.717, 1.165) is 51.2 Å². The molecule has 1 saturated heterocycles. The quantitative estimate of drug-likeness (QED) is 0.894. The molecule has 0 spiro atoms. The van der Waals surface area contributed by atoms with Crippen LogP contribution in [-0.4, -0.2) is 37.5 Å². The molecule has 1 heterocycles. The minimum Gasteiger partial charge on any atom is -0.342 e. The van der Waals surface area contributed by atoms with Gasteiger partial charge in [-0.15, -0.1) is 12.4 Å². The van der Waals surface area contributed by atoms with Crippen molar-refractivity contribution >= 4 is 18.3 Å². The summed E-state index contributed by atoms with van der Waals surface area (Å²) in [4.78, 5) is 15.2. The van der Waals surface area contributed by atoms with Crippen LogP contribution >= 0.6 is 12.4 Å². The number of hydrogen-bond donors (Lipinski definition) is 1. The van der Waals surface area contributed by atoms with Crippen molar-refractivity contribution in [3.05, 3.63) is 35.4 Å². The Morgan fingerprint density at radius 2 is 1.91 bits per heavy atom. The molecule has 23 heavy (non-hydrogen) atoms. The highest BCUT2D eigenvalue weighted by Crippen LogP contribution is 2.51. The van der Waals surface area contributed by atoms with Crippen LogP contribution in [0, 0.1) is 12.8 Å². The molecule has 1 aromatic carbocycles. The standard InChI is InChI=1S/C19H28N2O.ClH/c1-15-5-3-4-6-17(15)19(10-11-19)18(22)21-13-8-16(9-14-21)7-12-20-2;/h3-6,16,20H,7-14H2,1-2H3;1H. The summed E-state index contributed by atoms with van der Waals surface area (Å²) in [6.45, 7) is 5.11. The zero-order valence-corrected chi connectivity index (χ0v) is 15.1. The Morgan fingerprint density at radius 3 is 2.48 bits per heavy atom. The maximum absolute atomic E-state index is 13.1. The third-order valence-electron chi connectivity index (χ3n) is 5.52. The molecule has 1 amide bonds. The van der Waals surface area contributed by atoms with Crippen molar-refractivity contribution < 1.29 is 4.79 Å². The number of aryl methyl sites for hydroxylation is 1. The van der Waals surface area contributed by atoms with E-state index in [2.05, 4.69) is 41.4 Å². The van der Waals surface area contributed by atoms with Gasteiger partial charge in [0.05, 0.1) is 5.41 Å². The molecule has 3 rings (SSSR count). The molecule has 1 aliphatic carbocycles. The first-order valence-corrected chi connectivity index (χ1v) is 8.67. The van der Waals surface area contributed by atoms with Gasteiger partial charge < -0.3 is 10.2 Å². The highest BCUT2D eigenvalue weighted by Gasteiger charge is 2.53. The van der Waals surface area contributed by atoms with Crippen molar-refractivity contribution in [1.82, 2.24) is 10.2 Å². The van der Waals surface area contributed by atoms with Crippen LogP contribution in [0.4, 0.5) is 0 Å². The number of piperidine rings is 1. The van der Waals surface area contributed by atoms with E-state index in [1.54, 1.807) is 0 Å². The molecule has 0 radical (unpaired) electrons. The van der Waals surface area contributed by atoms with Crippen molar-refractivity contribution in [2.24, 2.45) is 5.92 Å². The van der Waals surface area contributed by atoms with Gasteiger partial charge in [0.15, 0.2) is 0 Å². The fraction of sp³-hybridized carbons (Fsp3) is 0.632. The van der Waals surface area contributed by atoms with Gasteiger partial charge in [-0.3, -0.25) is 4.79 Å². The molecule has 0 bridgehead atoms. The lowest BCUT2D eigenvalue weighted by molar-refractivity contribution is -0.135. The number of hydrogen-bond acceptors (Lipinski definition) is 2. The van der Waals surface area contributed by atoms with Crippen LogP contribution in [0.15, 0.2) is 24.3 Å². The summed E-state index contributed by atoms with van der Waals surface area (Å²) in [7, 11) is 2.01. The van der Waals surface area contributed by atoms with Crippen molar-refractivity contribution in [3.8, 4) is 0 Å². The van der Waals surface area contributed by atoms with Crippen LogP contribution in [0.5, 0.6) is 0 Å². The Kier molecular flexibility index (Phi) is 6.10. The monoisotopic (exact) mass is 336 g/mol. The summed E-state index contributed by atoms with van der Waals surface area (Å²) < 4.78 is 0. The molecule has 0 aromatic heterocycles. The minimum atomic E-state index is -0.191. The Bertz CT molecular complexity index is 534. The molecule has 1 aromatic rings. The number of rotatable bonds is 5. The van der Waals surface area contributed by atoms with Gasteiger partial charge in [-0.25, -0.2) is 0 Å². The van der Waals surface area contributed by atoms with E-state index < -0.39 is 0 Å². The minimum absolute atomic E-state index is 0. The second kappa shape index (κ2) is 7.67. The summed E-state index contributed by atoms with van der Waals surface area (Å²) in [6.07, 6.45) is 5.61. The lowest BCUT2D eigenvalue weighted by Crippen LogP contribution is -2.44. The van der Waals surface area contributed by atoms with Crippen LogP contribution in [0.1, 0.15) is 43.2 Å². The number of carbonyl (C=O) groups excluding carboxylic acids is 1. The molecule has 1 N–H and O–H groups in total. The number of benzene rings is 1. The van der Waals surface area contributed by atoms with Gasteiger partial charge in [-0.1, -0.05) is 24.3 Å². The van der Waals surface area contributed by atoms with Gasteiger partial charge in [0, 0.05) is 13.1 Å². The zero-order chi connectivity index (χ0) is 15.6. The molecule has 2 fully saturated rings. The van der Waals surface area contributed by atoms with Crippen LogP contribution in [0.25, 0.3) is 0 Å². The molecule has 1 saturated carbocycles. The molecule has 3 nitrogen and oxygen atoms in total. The second-order valence-corrected chi connectivity index (χ2v) is 7.02. The summed E-state index contributed by atoms with van der Waals surface area (Å²) in [5, 5.41) is 3.23. The fourth-order valence-electron chi connectivity index (χ4n) is 3.91. The molecular formula is C19H29ClN2O. The average molecular weight is 337 g/mol. The van der Waals surface area contributed by atoms with E-state index in [1.807, 2.05) is 7.05 Å². The number of likely N-dealkylation sites (tertiary alicyclic amines) is 1. The predicted octanol–water partition coefficient (Wildman–Crippen LogP) is 3.30. The van der Waals surface area contributed by atoms with E-state index in [0.29, 0.717) is 5.91 Å².